The molecule has 2 aliphatic carbocycles. The molecule has 0 aliphatic heterocycles. The molecule has 1 heterocycles. The van der Waals surface area contributed by atoms with Crippen LogP contribution in [0.25, 0.3) is 10.9 Å². The maximum Gasteiger partial charge on any atom is 0.306 e. The van der Waals surface area contributed by atoms with Gasteiger partial charge < -0.3 is 5.11 Å². The number of hydrogen-bond acceptors (Lipinski definition) is 3. The normalized spacial score (nSPS) is 25.3. The lowest BCUT2D eigenvalue weighted by Gasteiger charge is -2.56. The highest BCUT2D eigenvalue weighted by atomic mass is 79.9. The van der Waals surface area contributed by atoms with Crippen molar-refractivity contribution in [2.45, 2.75) is 45.1 Å². The number of halogens is 2. The molecule has 2 aliphatic rings. The standard InChI is InChI=1S/C25H24BrClN2O3/c1-14(16-2-4-18(26)5-3-16)29-23-19(6-7-21(27)20(23)13-28-29)22(30)8-15-9-25(10-15)11-17(12-25)24(31)32/h2-7,13-15,17H,8-12H2,1H3,(H,31,32). The lowest BCUT2D eigenvalue weighted by molar-refractivity contribution is -0.157. The third kappa shape index (κ3) is 3.67. The summed E-state index contributed by atoms with van der Waals surface area (Å²) in [7, 11) is 0. The molecule has 0 amide bonds. The molecule has 1 atom stereocenters. The molecule has 1 spiro atoms. The minimum Gasteiger partial charge on any atom is -0.481 e. The van der Waals surface area contributed by atoms with Crippen LogP contribution in [0.2, 0.25) is 5.02 Å². The highest BCUT2D eigenvalue weighted by Gasteiger charge is 2.54. The van der Waals surface area contributed by atoms with Gasteiger partial charge in [-0.15, -0.1) is 0 Å². The quantitative estimate of drug-likeness (QED) is 0.379. The van der Waals surface area contributed by atoms with E-state index in [0.717, 1.165) is 46.6 Å². The summed E-state index contributed by atoms with van der Waals surface area (Å²) in [4.78, 5) is 24.4. The predicted molar refractivity (Wildman–Crippen MR) is 127 cm³/mol. The van der Waals surface area contributed by atoms with E-state index in [0.29, 0.717) is 22.9 Å². The number of ketones is 1. The molecule has 2 fully saturated rings. The first kappa shape index (κ1) is 21.7. The summed E-state index contributed by atoms with van der Waals surface area (Å²) in [6.45, 7) is 2.07. The maximum absolute atomic E-state index is 13.3. The number of nitrogens with zero attached hydrogens (tertiary/aromatic N) is 2. The molecular formula is C25H24BrClN2O3. The second-order valence-corrected chi connectivity index (χ2v) is 10.8. The molecule has 1 aromatic heterocycles. The van der Waals surface area contributed by atoms with Crippen LogP contribution in [-0.4, -0.2) is 26.6 Å². The first-order valence-electron chi connectivity index (χ1n) is 10.9. The zero-order chi connectivity index (χ0) is 22.6. The van der Waals surface area contributed by atoms with Gasteiger partial charge in [-0.25, -0.2) is 0 Å². The van der Waals surface area contributed by atoms with Gasteiger partial charge in [0.15, 0.2) is 5.78 Å². The van der Waals surface area contributed by atoms with Crippen LogP contribution in [0.3, 0.4) is 0 Å². The third-order valence-electron chi connectivity index (χ3n) is 7.35. The summed E-state index contributed by atoms with van der Waals surface area (Å²) in [6, 6.07) is 11.6. The number of fused-ring (bicyclic) bond motifs is 1. The van der Waals surface area contributed by atoms with Crippen LogP contribution < -0.4 is 0 Å². The number of carbonyl (C=O) groups is 2. The second kappa shape index (κ2) is 7.99. The molecule has 3 aromatic rings. The fourth-order valence-corrected chi connectivity index (χ4v) is 6.17. The van der Waals surface area contributed by atoms with E-state index in [4.69, 9.17) is 16.7 Å². The van der Waals surface area contributed by atoms with Crippen molar-refractivity contribution in [2.24, 2.45) is 17.3 Å². The molecule has 1 unspecified atom stereocenters. The number of rotatable bonds is 6. The second-order valence-electron chi connectivity index (χ2n) is 9.52. The summed E-state index contributed by atoms with van der Waals surface area (Å²) < 4.78 is 2.90. The van der Waals surface area contributed by atoms with E-state index in [2.05, 4.69) is 28.0 Å². The van der Waals surface area contributed by atoms with Crippen molar-refractivity contribution in [1.29, 1.82) is 0 Å². The average Bonchev–Trinajstić information content (AvgIpc) is 3.14. The zero-order valence-electron chi connectivity index (χ0n) is 17.7. The Bertz CT molecular complexity index is 1210. The molecule has 5 rings (SSSR count). The molecule has 0 radical (unpaired) electrons. The lowest BCUT2D eigenvalue weighted by Crippen LogP contribution is -2.50. The number of aromatic nitrogens is 2. The van der Waals surface area contributed by atoms with Crippen molar-refractivity contribution < 1.29 is 14.7 Å². The van der Waals surface area contributed by atoms with Gasteiger partial charge in [0.1, 0.15) is 0 Å². The first-order chi connectivity index (χ1) is 15.3. The highest BCUT2D eigenvalue weighted by molar-refractivity contribution is 9.10. The van der Waals surface area contributed by atoms with Gasteiger partial charge in [-0.1, -0.05) is 39.7 Å². The van der Waals surface area contributed by atoms with Crippen LogP contribution >= 0.6 is 27.5 Å². The van der Waals surface area contributed by atoms with Gasteiger partial charge >= 0.3 is 5.97 Å². The number of Topliss-reactive ketones (excluding diaryl/α,β-unsaturated/α-hetero) is 1. The van der Waals surface area contributed by atoms with Gasteiger partial charge in [-0.3, -0.25) is 14.3 Å². The van der Waals surface area contributed by atoms with Crippen LogP contribution in [-0.2, 0) is 4.79 Å². The monoisotopic (exact) mass is 514 g/mol. The van der Waals surface area contributed by atoms with Gasteiger partial charge in [0.05, 0.1) is 28.7 Å². The van der Waals surface area contributed by atoms with E-state index >= 15 is 0 Å². The number of benzene rings is 2. The molecule has 2 aromatic carbocycles. The van der Waals surface area contributed by atoms with Gasteiger partial charge in [-0.2, -0.15) is 5.10 Å². The number of carbonyl (C=O) groups excluding carboxylic acids is 1. The van der Waals surface area contributed by atoms with Crippen molar-refractivity contribution in [1.82, 2.24) is 9.78 Å². The molecule has 1 N–H and O–H groups in total. The Balaban J connectivity index is 1.38. The Kier molecular flexibility index (Phi) is 5.41. The Labute approximate surface area is 199 Å². The minimum atomic E-state index is -0.688. The van der Waals surface area contributed by atoms with E-state index in [1.807, 2.05) is 35.0 Å². The van der Waals surface area contributed by atoms with E-state index < -0.39 is 5.97 Å². The summed E-state index contributed by atoms with van der Waals surface area (Å²) >= 11 is 9.92. The van der Waals surface area contributed by atoms with Crippen molar-refractivity contribution in [2.75, 3.05) is 0 Å². The van der Waals surface area contributed by atoms with Crippen LogP contribution in [0.4, 0.5) is 0 Å². The average molecular weight is 516 g/mol. The molecule has 7 heteroatoms. The maximum atomic E-state index is 13.3. The number of carboxylic acid groups (broad SMARTS) is 1. The van der Waals surface area contributed by atoms with Gasteiger partial charge in [0.25, 0.3) is 0 Å². The summed E-state index contributed by atoms with van der Waals surface area (Å²) in [5.74, 6) is -0.461. The topological polar surface area (TPSA) is 72.2 Å². The van der Waals surface area contributed by atoms with Crippen molar-refractivity contribution in [3.63, 3.8) is 0 Å². The minimum absolute atomic E-state index is 0.0551. The van der Waals surface area contributed by atoms with Crippen molar-refractivity contribution in [3.8, 4) is 0 Å². The summed E-state index contributed by atoms with van der Waals surface area (Å²) in [5.41, 5.74) is 2.70. The summed E-state index contributed by atoms with van der Waals surface area (Å²) in [5, 5.41) is 15.1. The SMILES string of the molecule is CC(c1ccc(Br)cc1)n1ncc2c(Cl)ccc(C(=O)CC3CC4(C3)CC(C(=O)O)C4)c21. The van der Waals surface area contributed by atoms with E-state index in [1.165, 1.54) is 0 Å². The summed E-state index contributed by atoms with van der Waals surface area (Å²) in [6.07, 6.45) is 5.64. The predicted octanol–water partition coefficient (Wildman–Crippen LogP) is 6.53. The molecule has 5 nitrogen and oxygen atoms in total. The smallest absolute Gasteiger partial charge is 0.306 e. The van der Waals surface area contributed by atoms with Crippen molar-refractivity contribution >= 4 is 50.2 Å². The van der Waals surface area contributed by atoms with Crippen LogP contribution in [0.5, 0.6) is 0 Å². The molecule has 2 saturated carbocycles. The lowest BCUT2D eigenvalue weighted by atomic mass is 9.47. The number of carboxylic acids is 1. The molecule has 166 valence electrons. The molecule has 0 bridgehead atoms. The molecular weight excluding hydrogens is 492 g/mol. The van der Waals surface area contributed by atoms with Gasteiger partial charge in [-0.05, 0) is 73.8 Å². The Morgan fingerprint density at radius 1 is 1.19 bits per heavy atom. The van der Waals surface area contributed by atoms with Gasteiger partial charge in [0, 0.05) is 21.8 Å². The molecule has 0 saturated heterocycles. The molecule has 32 heavy (non-hydrogen) atoms. The first-order valence-corrected chi connectivity index (χ1v) is 12.1. The Morgan fingerprint density at radius 3 is 2.53 bits per heavy atom. The fraction of sp³-hybridized carbons (Fsp3) is 0.400. The Morgan fingerprint density at radius 2 is 1.88 bits per heavy atom. The third-order valence-corrected chi connectivity index (χ3v) is 8.21. The van der Waals surface area contributed by atoms with E-state index in [1.54, 1.807) is 12.3 Å². The van der Waals surface area contributed by atoms with E-state index in [-0.39, 0.29) is 23.2 Å². The largest absolute Gasteiger partial charge is 0.481 e. The zero-order valence-corrected chi connectivity index (χ0v) is 20.1. The van der Waals surface area contributed by atoms with Gasteiger partial charge in [0.2, 0.25) is 0 Å². The van der Waals surface area contributed by atoms with Crippen molar-refractivity contribution in [3.05, 3.63) is 63.2 Å². The number of hydrogen-bond donors (Lipinski definition) is 1. The fourth-order valence-electron chi connectivity index (χ4n) is 5.71. The van der Waals surface area contributed by atoms with Crippen LogP contribution in [0.1, 0.15) is 61.0 Å². The number of aliphatic carboxylic acids is 1. The van der Waals surface area contributed by atoms with Crippen LogP contribution in [0.15, 0.2) is 47.1 Å². The van der Waals surface area contributed by atoms with E-state index in [9.17, 15) is 9.59 Å². The van der Waals surface area contributed by atoms with Crippen LogP contribution in [0, 0.1) is 17.3 Å². The highest BCUT2D eigenvalue weighted by Crippen LogP contribution is 2.62. The Hall–Kier alpha value is -2.18.